The van der Waals surface area contributed by atoms with Gasteiger partial charge in [0, 0.05) is 11.6 Å². The van der Waals surface area contributed by atoms with Crippen molar-refractivity contribution in [3.63, 3.8) is 0 Å². The molecule has 3 unspecified atom stereocenters. The summed E-state index contributed by atoms with van der Waals surface area (Å²) in [4.78, 5) is 0. The lowest BCUT2D eigenvalue weighted by Crippen LogP contribution is -2.57. The lowest BCUT2D eigenvalue weighted by atomic mass is 9.64. The quantitative estimate of drug-likeness (QED) is 0.774. The highest BCUT2D eigenvalue weighted by Gasteiger charge is 2.42. The standard InChI is InChI=1S/C14H29NO/c1-6-12(3)15-14(10-16)8-11(2)7-13(4,5)9-14/h11-12,15-16H,6-10H2,1-5H3. The Morgan fingerprint density at radius 3 is 2.44 bits per heavy atom. The van der Waals surface area contributed by atoms with Gasteiger partial charge in [-0.15, -0.1) is 0 Å². The van der Waals surface area contributed by atoms with Crippen LogP contribution < -0.4 is 5.32 Å². The van der Waals surface area contributed by atoms with Crippen molar-refractivity contribution in [2.24, 2.45) is 11.3 Å². The van der Waals surface area contributed by atoms with Crippen LogP contribution in [0.3, 0.4) is 0 Å². The first-order valence-electron chi connectivity index (χ1n) is 6.71. The molecule has 0 radical (unpaired) electrons. The third kappa shape index (κ3) is 3.46. The molecule has 1 fully saturated rings. The Morgan fingerprint density at radius 2 is 2.00 bits per heavy atom. The molecule has 0 aromatic carbocycles. The molecule has 2 heteroatoms. The first-order valence-corrected chi connectivity index (χ1v) is 6.71. The molecule has 1 aliphatic carbocycles. The van der Waals surface area contributed by atoms with E-state index >= 15 is 0 Å². The normalized spacial score (nSPS) is 36.0. The topological polar surface area (TPSA) is 32.3 Å². The van der Waals surface area contributed by atoms with Crippen molar-refractivity contribution in [2.75, 3.05) is 6.61 Å². The smallest absolute Gasteiger partial charge is 0.0613 e. The largest absolute Gasteiger partial charge is 0.394 e. The lowest BCUT2D eigenvalue weighted by Gasteiger charge is -2.48. The number of aliphatic hydroxyl groups excluding tert-OH is 1. The summed E-state index contributed by atoms with van der Waals surface area (Å²) in [6.45, 7) is 11.6. The number of nitrogens with one attached hydrogen (secondary N) is 1. The molecule has 0 amide bonds. The fourth-order valence-electron chi connectivity index (χ4n) is 3.64. The van der Waals surface area contributed by atoms with Gasteiger partial charge < -0.3 is 10.4 Å². The minimum Gasteiger partial charge on any atom is -0.394 e. The number of aliphatic hydroxyl groups is 1. The van der Waals surface area contributed by atoms with Crippen LogP contribution in [0.1, 0.15) is 60.3 Å². The molecule has 3 atom stereocenters. The van der Waals surface area contributed by atoms with E-state index in [2.05, 4.69) is 39.9 Å². The molecule has 2 N–H and O–H groups in total. The van der Waals surface area contributed by atoms with E-state index in [0.29, 0.717) is 17.4 Å². The second-order valence-corrected chi connectivity index (χ2v) is 6.75. The van der Waals surface area contributed by atoms with Crippen molar-refractivity contribution in [1.29, 1.82) is 0 Å². The zero-order valence-corrected chi connectivity index (χ0v) is 11.6. The first-order chi connectivity index (χ1) is 7.32. The summed E-state index contributed by atoms with van der Waals surface area (Å²) in [7, 11) is 0. The highest BCUT2D eigenvalue weighted by molar-refractivity contribution is 4.99. The Hall–Kier alpha value is -0.0800. The van der Waals surface area contributed by atoms with E-state index in [9.17, 15) is 5.11 Å². The van der Waals surface area contributed by atoms with Gasteiger partial charge in [-0.1, -0.05) is 27.7 Å². The number of hydrogen-bond donors (Lipinski definition) is 2. The van der Waals surface area contributed by atoms with E-state index in [1.54, 1.807) is 0 Å². The van der Waals surface area contributed by atoms with Crippen molar-refractivity contribution in [1.82, 2.24) is 5.32 Å². The van der Waals surface area contributed by atoms with E-state index in [4.69, 9.17) is 0 Å². The van der Waals surface area contributed by atoms with Gasteiger partial charge in [-0.2, -0.15) is 0 Å². The summed E-state index contributed by atoms with van der Waals surface area (Å²) in [6.07, 6.45) is 4.59. The Kier molecular flexibility index (Phi) is 4.42. The minimum absolute atomic E-state index is 0.0450. The molecule has 96 valence electrons. The first kappa shape index (κ1) is 14.0. The maximum atomic E-state index is 9.77. The summed E-state index contributed by atoms with van der Waals surface area (Å²) < 4.78 is 0. The molecule has 16 heavy (non-hydrogen) atoms. The van der Waals surface area contributed by atoms with Gasteiger partial charge in [-0.3, -0.25) is 0 Å². The molecule has 0 aromatic rings. The Labute approximate surface area is 101 Å². The van der Waals surface area contributed by atoms with E-state index in [1.807, 2.05) is 0 Å². The van der Waals surface area contributed by atoms with Gasteiger partial charge in [-0.25, -0.2) is 0 Å². The molecule has 0 aliphatic heterocycles. The van der Waals surface area contributed by atoms with Crippen LogP contribution in [0.25, 0.3) is 0 Å². The van der Waals surface area contributed by atoms with Crippen molar-refractivity contribution < 1.29 is 5.11 Å². The molecule has 2 nitrogen and oxygen atoms in total. The van der Waals surface area contributed by atoms with Gasteiger partial charge in [0.25, 0.3) is 0 Å². The van der Waals surface area contributed by atoms with E-state index in [-0.39, 0.29) is 12.1 Å². The molecule has 1 rings (SSSR count). The average Bonchev–Trinajstić information content (AvgIpc) is 2.14. The van der Waals surface area contributed by atoms with Crippen LogP contribution in [0.5, 0.6) is 0 Å². The lowest BCUT2D eigenvalue weighted by molar-refractivity contribution is 0.0296. The molecule has 0 heterocycles. The van der Waals surface area contributed by atoms with Crippen molar-refractivity contribution in [3.05, 3.63) is 0 Å². The number of hydrogen-bond acceptors (Lipinski definition) is 2. The zero-order valence-electron chi connectivity index (χ0n) is 11.6. The van der Waals surface area contributed by atoms with Gasteiger partial charge in [0.05, 0.1) is 6.61 Å². The molecule has 1 aliphatic rings. The summed E-state index contributed by atoms with van der Waals surface area (Å²) in [5, 5.41) is 13.4. The Morgan fingerprint density at radius 1 is 1.38 bits per heavy atom. The predicted molar refractivity (Wildman–Crippen MR) is 69.5 cm³/mol. The monoisotopic (exact) mass is 227 g/mol. The van der Waals surface area contributed by atoms with Crippen LogP contribution in [0.4, 0.5) is 0 Å². The van der Waals surface area contributed by atoms with Gasteiger partial charge in [0.1, 0.15) is 0 Å². The van der Waals surface area contributed by atoms with Crippen LogP contribution >= 0.6 is 0 Å². The zero-order chi connectivity index (χ0) is 12.4. The highest BCUT2D eigenvalue weighted by atomic mass is 16.3. The molecular weight excluding hydrogens is 198 g/mol. The van der Waals surface area contributed by atoms with Gasteiger partial charge in [0.2, 0.25) is 0 Å². The molecule has 0 saturated heterocycles. The Balaban J connectivity index is 2.77. The molecule has 0 spiro atoms. The fourth-order valence-corrected chi connectivity index (χ4v) is 3.64. The fraction of sp³-hybridized carbons (Fsp3) is 1.00. The van der Waals surface area contributed by atoms with Crippen LogP contribution in [-0.2, 0) is 0 Å². The summed E-state index contributed by atoms with van der Waals surface area (Å²) in [5.74, 6) is 0.701. The minimum atomic E-state index is -0.0450. The highest BCUT2D eigenvalue weighted by Crippen LogP contribution is 2.43. The van der Waals surface area contributed by atoms with Crippen molar-refractivity contribution >= 4 is 0 Å². The predicted octanol–water partition coefficient (Wildman–Crippen LogP) is 2.95. The maximum Gasteiger partial charge on any atom is 0.0613 e. The third-order valence-electron chi connectivity index (χ3n) is 3.92. The van der Waals surface area contributed by atoms with Crippen LogP contribution in [-0.4, -0.2) is 23.3 Å². The summed E-state index contributed by atoms with van der Waals surface area (Å²) in [5.41, 5.74) is 0.303. The van der Waals surface area contributed by atoms with Crippen LogP contribution in [0, 0.1) is 11.3 Å². The maximum absolute atomic E-state index is 9.77. The van der Waals surface area contributed by atoms with Crippen LogP contribution in [0.2, 0.25) is 0 Å². The third-order valence-corrected chi connectivity index (χ3v) is 3.92. The summed E-state index contributed by atoms with van der Waals surface area (Å²) >= 11 is 0. The van der Waals surface area contributed by atoms with Gasteiger partial charge >= 0.3 is 0 Å². The van der Waals surface area contributed by atoms with E-state index < -0.39 is 0 Å². The second kappa shape index (κ2) is 5.05. The van der Waals surface area contributed by atoms with Crippen molar-refractivity contribution in [2.45, 2.75) is 71.9 Å². The summed E-state index contributed by atoms with van der Waals surface area (Å²) in [6, 6.07) is 0.494. The second-order valence-electron chi connectivity index (χ2n) is 6.75. The number of rotatable bonds is 4. The average molecular weight is 227 g/mol. The molecule has 0 bridgehead atoms. The Bertz CT molecular complexity index is 227. The van der Waals surface area contributed by atoms with Crippen LogP contribution in [0.15, 0.2) is 0 Å². The van der Waals surface area contributed by atoms with Gasteiger partial charge in [-0.05, 0) is 43.9 Å². The molecule has 0 aromatic heterocycles. The molecule has 1 saturated carbocycles. The van der Waals surface area contributed by atoms with E-state index in [1.165, 1.54) is 6.42 Å². The van der Waals surface area contributed by atoms with E-state index in [0.717, 1.165) is 19.3 Å². The SMILES string of the molecule is CCC(C)NC1(CO)CC(C)CC(C)(C)C1. The molecular formula is C14H29NO. The van der Waals surface area contributed by atoms with Gasteiger partial charge in [0.15, 0.2) is 0 Å². The van der Waals surface area contributed by atoms with Crippen molar-refractivity contribution in [3.8, 4) is 0 Å².